The minimum atomic E-state index is -0.340. The van der Waals surface area contributed by atoms with E-state index in [0.29, 0.717) is 6.61 Å². The van der Waals surface area contributed by atoms with Crippen LogP contribution in [0.2, 0.25) is 0 Å². The van der Waals surface area contributed by atoms with Gasteiger partial charge >= 0.3 is 5.97 Å². The Bertz CT molecular complexity index is 123. The molecule has 0 saturated carbocycles. The van der Waals surface area contributed by atoms with E-state index in [1.807, 2.05) is 13.8 Å². The van der Waals surface area contributed by atoms with Crippen molar-refractivity contribution in [1.82, 2.24) is 0 Å². The molecule has 0 bridgehead atoms. The van der Waals surface area contributed by atoms with Gasteiger partial charge in [-0.25, -0.2) is 0 Å². The summed E-state index contributed by atoms with van der Waals surface area (Å²) in [6.07, 6.45) is 2.34. The van der Waals surface area contributed by atoms with E-state index >= 15 is 0 Å². The molecule has 0 amide bonds. The smallest absolute Gasteiger partial charge is 0.304 e. The van der Waals surface area contributed by atoms with Gasteiger partial charge in [0.05, 0.1) is 6.61 Å². The molecule has 0 rings (SSSR count). The Labute approximate surface area is 74.0 Å². The van der Waals surface area contributed by atoms with Crippen LogP contribution >= 0.6 is 0 Å². The summed E-state index contributed by atoms with van der Waals surface area (Å²) in [4.78, 5) is 10.6. The number of rotatable bonds is 6. The molecule has 0 saturated heterocycles. The summed E-state index contributed by atoms with van der Waals surface area (Å²) < 4.78 is 10.2. The summed E-state index contributed by atoms with van der Waals surface area (Å²) in [5.74, 6) is -0.274. The molecule has 0 aromatic rings. The summed E-state index contributed by atoms with van der Waals surface area (Å²) >= 11 is 0. The van der Waals surface area contributed by atoms with Crippen LogP contribution < -0.4 is 0 Å². The zero-order valence-corrected chi connectivity index (χ0v) is 8.13. The van der Waals surface area contributed by atoms with Crippen LogP contribution in [0, 0.1) is 0 Å². The first-order valence-electron chi connectivity index (χ1n) is 4.49. The van der Waals surface area contributed by atoms with E-state index in [9.17, 15) is 4.79 Å². The van der Waals surface area contributed by atoms with Crippen LogP contribution in [0.5, 0.6) is 0 Å². The minimum absolute atomic E-state index is 0.274. The number of esters is 1. The highest BCUT2D eigenvalue weighted by Crippen LogP contribution is 2.04. The van der Waals surface area contributed by atoms with E-state index < -0.39 is 0 Å². The first-order valence-corrected chi connectivity index (χ1v) is 4.49. The fourth-order valence-electron chi connectivity index (χ4n) is 0.846. The van der Waals surface area contributed by atoms with Gasteiger partial charge in [0.2, 0.25) is 6.29 Å². The fraction of sp³-hybridized carbons (Fsp3) is 0.889. The lowest BCUT2D eigenvalue weighted by Gasteiger charge is -2.15. The van der Waals surface area contributed by atoms with Crippen LogP contribution in [-0.4, -0.2) is 18.9 Å². The van der Waals surface area contributed by atoms with Gasteiger partial charge < -0.3 is 9.47 Å². The molecule has 0 N–H and O–H groups in total. The normalized spacial score (nSPS) is 12.6. The van der Waals surface area contributed by atoms with Crippen LogP contribution in [0.3, 0.4) is 0 Å². The Morgan fingerprint density at radius 1 is 1.33 bits per heavy atom. The molecule has 0 spiro atoms. The second-order valence-corrected chi connectivity index (χ2v) is 2.70. The van der Waals surface area contributed by atoms with E-state index in [-0.39, 0.29) is 12.3 Å². The lowest BCUT2D eigenvalue weighted by molar-refractivity contribution is -0.177. The number of ether oxygens (including phenoxy) is 2. The van der Waals surface area contributed by atoms with Crippen molar-refractivity contribution in [1.29, 1.82) is 0 Å². The third-order valence-electron chi connectivity index (χ3n) is 1.33. The molecule has 0 aromatic carbocycles. The van der Waals surface area contributed by atoms with Gasteiger partial charge in [-0.15, -0.1) is 0 Å². The van der Waals surface area contributed by atoms with E-state index in [1.54, 1.807) is 0 Å². The molecule has 3 nitrogen and oxygen atoms in total. The maximum atomic E-state index is 10.6. The lowest BCUT2D eigenvalue weighted by Crippen LogP contribution is -2.20. The second-order valence-electron chi connectivity index (χ2n) is 2.70. The predicted molar refractivity (Wildman–Crippen MR) is 46.7 cm³/mol. The monoisotopic (exact) mass is 174 g/mol. The van der Waals surface area contributed by atoms with Crippen molar-refractivity contribution in [2.45, 2.75) is 46.3 Å². The first-order chi connectivity index (χ1) is 5.70. The molecular weight excluding hydrogens is 156 g/mol. The standard InChI is InChI=1S/C9H18O3/c1-4-6-9(11-7-5-2)12-8(3)10/h9H,4-7H2,1-3H3. The summed E-state index contributed by atoms with van der Waals surface area (Å²) in [5, 5.41) is 0. The SMILES string of the molecule is CCCOC(CCC)OC(C)=O. The van der Waals surface area contributed by atoms with E-state index in [1.165, 1.54) is 6.92 Å². The van der Waals surface area contributed by atoms with E-state index in [0.717, 1.165) is 19.3 Å². The third-order valence-corrected chi connectivity index (χ3v) is 1.33. The van der Waals surface area contributed by atoms with Gasteiger partial charge in [0, 0.05) is 13.3 Å². The van der Waals surface area contributed by atoms with Crippen molar-refractivity contribution in [2.24, 2.45) is 0 Å². The van der Waals surface area contributed by atoms with Gasteiger partial charge in [-0.3, -0.25) is 4.79 Å². The van der Waals surface area contributed by atoms with Gasteiger partial charge in [-0.1, -0.05) is 20.3 Å². The van der Waals surface area contributed by atoms with Crippen molar-refractivity contribution < 1.29 is 14.3 Å². The molecule has 0 aromatic heterocycles. The fourth-order valence-corrected chi connectivity index (χ4v) is 0.846. The van der Waals surface area contributed by atoms with Crippen molar-refractivity contribution in [2.75, 3.05) is 6.61 Å². The Morgan fingerprint density at radius 3 is 2.42 bits per heavy atom. The molecular formula is C9H18O3. The number of hydrogen-bond donors (Lipinski definition) is 0. The summed E-state index contributed by atoms with van der Waals surface area (Å²) in [6, 6.07) is 0. The first kappa shape index (κ1) is 11.4. The van der Waals surface area contributed by atoms with Crippen LogP contribution in [-0.2, 0) is 14.3 Å². The molecule has 3 heteroatoms. The molecule has 0 aliphatic carbocycles. The quantitative estimate of drug-likeness (QED) is 0.457. The average Bonchev–Trinajstić information content (AvgIpc) is 2.00. The third kappa shape index (κ3) is 6.16. The maximum Gasteiger partial charge on any atom is 0.304 e. The molecule has 72 valence electrons. The molecule has 0 aliphatic rings. The molecule has 1 unspecified atom stereocenters. The number of carbonyl (C=O) groups is 1. The van der Waals surface area contributed by atoms with Gasteiger partial charge in [-0.05, 0) is 6.42 Å². The van der Waals surface area contributed by atoms with Crippen molar-refractivity contribution in [3.8, 4) is 0 Å². The highest BCUT2D eigenvalue weighted by Gasteiger charge is 2.09. The lowest BCUT2D eigenvalue weighted by atomic mass is 10.3. The van der Waals surface area contributed by atoms with Crippen LogP contribution in [0.1, 0.15) is 40.0 Å². The van der Waals surface area contributed by atoms with Gasteiger partial charge in [0.1, 0.15) is 0 Å². The summed E-state index contributed by atoms with van der Waals surface area (Å²) in [5.41, 5.74) is 0. The number of carbonyl (C=O) groups excluding carboxylic acids is 1. The Balaban J connectivity index is 3.61. The van der Waals surface area contributed by atoms with Crippen molar-refractivity contribution in [3.05, 3.63) is 0 Å². The zero-order valence-electron chi connectivity index (χ0n) is 8.13. The summed E-state index contributed by atoms with van der Waals surface area (Å²) in [6.45, 7) is 6.11. The molecule has 1 atom stereocenters. The van der Waals surface area contributed by atoms with Crippen LogP contribution in [0.4, 0.5) is 0 Å². The Hall–Kier alpha value is -0.570. The average molecular weight is 174 g/mol. The minimum Gasteiger partial charge on any atom is -0.436 e. The maximum absolute atomic E-state index is 10.6. The van der Waals surface area contributed by atoms with E-state index in [2.05, 4.69) is 0 Å². The second kappa shape index (κ2) is 7.10. The van der Waals surface area contributed by atoms with Gasteiger partial charge in [-0.2, -0.15) is 0 Å². The predicted octanol–water partition coefficient (Wildman–Crippen LogP) is 2.10. The summed E-state index contributed by atoms with van der Waals surface area (Å²) in [7, 11) is 0. The highest BCUT2D eigenvalue weighted by molar-refractivity contribution is 5.66. The molecule has 0 heterocycles. The van der Waals surface area contributed by atoms with E-state index in [4.69, 9.17) is 9.47 Å². The molecule has 0 fully saturated rings. The van der Waals surface area contributed by atoms with Crippen LogP contribution in [0.15, 0.2) is 0 Å². The molecule has 0 radical (unpaired) electrons. The van der Waals surface area contributed by atoms with Gasteiger partial charge in [0.25, 0.3) is 0 Å². The number of hydrogen-bond acceptors (Lipinski definition) is 3. The largest absolute Gasteiger partial charge is 0.436 e. The van der Waals surface area contributed by atoms with Crippen molar-refractivity contribution >= 4 is 5.97 Å². The highest BCUT2D eigenvalue weighted by atomic mass is 16.7. The van der Waals surface area contributed by atoms with Crippen molar-refractivity contribution in [3.63, 3.8) is 0 Å². The topological polar surface area (TPSA) is 35.5 Å². The Morgan fingerprint density at radius 2 is 2.00 bits per heavy atom. The zero-order chi connectivity index (χ0) is 9.40. The molecule has 0 aliphatic heterocycles. The molecule has 12 heavy (non-hydrogen) atoms. The van der Waals surface area contributed by atoms with Crippen LogP contribution in [0.25, 0.3) is 0 Å². The Kier molecular flexibility index (Phi) is 6.76. The van der Waals surface area contributed by atoms with Gasteiger partial charge in [0.15, 0.2) is 0 Å².